The van der Waals surface area contributed by atoms with Gasteiger partial charge in [-0.3, -0.25) is 4.79 Å². The Labute approximate surface area is 120 Å². The maximum absolute atomic E-state index is 12.9. The van der Waals surface area contributed by atoms with Gasteiger partial charge in [-0.1, -0.05) is 18.2 Å². The van der Waals surface area contributed by atoms with Crippen LogP contribution in [0.5, 0.6) is 0 Å². The molecule has 0 amide bonds. The highest BCUT2D eigenvalue weighted by Crippen LogP contribution is 2.40. The smallest absolute Gasteiger partial charge is 0.421 e. The quantitative estimate of drug-likeness (QED) is 0.855. The lowest BCUT2D eigenvalue weighted by Crippen LogP contribution is -2.39. The number of carbonyl (C=O) groups excluding carboxylic acids is 1. The van der Waals surface area contributed by atoms with Crippen molar-refractivity contribution >= 4 is 5.97 Å². The van der Waals surface area contributed by atoms with Crippen LogP contribution in [0.2, 0.25) is 0 Å². The number of benzene rings is 1. The van der Waals surface area contributed by atoms with Crippen molar-refractivity contribution in [2.45, 2.75) is 38.0 Å². The fourth-order valence-corrected chi connectivity index (χ4v) is 2.59. The first-order chi connectivity index (χ1) is 9.66. The first kappa shape index (κ1) is 15.8. The Morgan fingerprint density at radius 3 is 2.57 bits per heavy atom. The number of hydrogen-bond acceptors (Lipinski definition) is 3. The fourth-order valence-electron chi connectivity index (χ4n) is 2.59. The van der Waals surface area contributed by atoms with E-state index in [1.54, 1.807) is 6.07 Å². The lowest BCUT2D eigenvalue weighted by atomic mass is 9.81. The average Bonchev–Trinajstić information content (AvgIpc) is 2.44. The Balaban J connectivity index is 2.29. The third-order valence-corrected chi connectivity index (χ3v) is 4.08. The lowest BCUT2D eigenvalue weighted by Gasteiger charge is -2.29. The van der Waals surface area contributed by atoms with E-state index in [9.17, 15) is 23.1 Å². The molecule has 2 rings (SSSR count). The molecule has 1 aromatic carbocycles. The van der Waals surface area contributed by atoms with E-state index in [0.717, 1.165) is 18.1 Å². The molecule has 21 heavy (non-hydrogen) atoms. The van der Waals surface area contributed by atoms with E-state index in [2.05, 4.69) is 0 Å². The van der Waals surface area contributed by atoms with Crippen LogP contribution in [0.4, 0.5) is 13.2 Å². The molecule has 3 nitrogen and oxygen atoms in total. The largest absolute Gasteiger partial charge is 0.469 e. The minimum atomic E-state index is -4.73. The van der Waals surface area contributed by atoms with Crippen molar-refractivity contribution in [3.8, 4) is 0 Å². The molecule has 6 heteroatoms. The van der Waals surface area contributed by atoms with Crippen LogP contribution in [0.15, 0.2) is 18.2 Å². The second-order valence-electron chi connectivity index (χ2n) is 5.52. The second kappa shape index (κ2) is 5.33. The molecule has 2 atom stereocenters. The van der Waals surface area contributed by atoms with Gasteiger partial charge in [-0.2, -0.15) is 13.2 Å². The maximum Gasteiger partial charge on any atom is 0.421 e. The molecule has 1 aliphatic rings. The van der Waals surface area contributed by atoms with Crippen LogP contribution < -0.4 is 0 Å². The number of esters is 1. The summed E-state index contributed by atoms with van der Waals surface area (Å²) >= 11 is 0. The summed E-state index contributed by atoms with van der Waals surface area (Å²) in [5, 5.41) is 9.70. The summed E-state index contributed by atoms with van der Waals surface area (Å²) in [6.45, 7) is 0.745. The number of rotatable bonds is 2. The number of aliphatic hydroxyl groups is 1. The molecule has 0 radical (unpaired) electrons. The van der Waals surface area contributed by atoms with Crippen molar-refractivity contribution in [2.24, 2.45) is 5.92 Å². The van der Waals surface area contributed by atoms with Crippen molar-refractivity contribution in [1.29, 1.82) is 0 Å². The molecule has 1 N–H and O–H groups in total. The minimum absolute atomic E-state index is 0.176. The van der Waals surface area contributed by atoms with Crippen molar-refractivity contribution in [2.75, 3.05) is 7.11 Å². The molecule has 0 bridgehead atoms. The van der Waals surface area contributed by atoms with E-state index in [1.165, 1.54) is 19.2 Å². The zero-order chi connectivity index (χ0) is 15.8. The molecular weight excluding hydrogens is 285 g/mol. The summed E-state index contributed by atoms with van der Waals surface area (Å²) in [5.41, 5.74) is -1.47. The molecule has 0 saturated carbocycles. The summed E-state index contributed by atoms with van der Waals surface area (Å²) in [6, 6.07) is 4.21. The molecule has 0 fully saturated rings. The molecule has 0 heterocycles. The maximum atomic E-state index is 12.9. The number of halogens is 3. The van der Waals surface area contributed by atoms with Crippen LogP contribution in [0.1, 0.15) is 30.0 Å². The first-order valence-corrected chi connectivity index (χ1v) is 6.66. The monoisotopic (exact) mass is 302 g/mol. The number of alkyl halides is 3. The summed E-state index contributed by atoms with van der Waals surface area (Å²) in [6.07, 6.45) is -3.24. The summed E-state index contributed by atoms with van der Waals surface area (Å²) in [4.78, 5) is 11.5. The number of ether oxygens (including phenoxy) is 1. The van der Waals surface area contributed by atoms with Crippen LogP contribution in [0.3, 0.4) is 0 Å². The van der Waals surface area contributed by atoms with Crippen molar-refractivity contribution in [3.05, 3.63) is 34.9 Å². The van der Waals surface area contributed by atoms with Crippen LogP contribution in [-0.4, -0.2) is 24.4 Å². The topological polar surface area (TPSA) is 46.5 Å². The number of methoxy groups -OCH3 is 1. The van der Waals surface area contributed by atoms with E-state index < -0.39 is 11.8 Å². The van der Waals surface area contributed by atoms with Gasteiger partial charge in [0.2, 0.25) is 0 Å². The number of carbonyl (C=O) groups is 1. The Morgan fingerprint density at radius 2 is 2.00 bits per heavy atom. The molecule has 2 unspecified atom stereocenters. The third-order valence-electron chi connectivity index (χ3n) is 4.08. The summed E-state index contributed by atoms with van der Waals surface area (Å²) in [7, 11) is 1.32. The highest BCUT2D eigenvalue weighted by atomic mass is 19.4. The van der Waals surface area contributed by atoms with E-state index in [4.69, 9.17) is 4.74 Å². The predicted molar refractivity (Wildman–Crippen MR) is 69.6 cm³/mol. The highest BCUT2D eigenvalue weighted by Gasteiger charge is 2.51. The third kappa shape index (κ3) is 2.90. The zero-order valence-corrected chi connectivity index (χ0v) is 11.8. The van der Waals surface area contributed by atoms with Gasteiger partial charge in [0.25, 0.3) is 0 Å². The highest BCUT2D eigenvalue weighted by molar-refractivity contribution is 5.73. The molecule has 0 aromatic heterocycles. The predicted octanol–water partition coefficient (Wildman–Crippen LogP) is 2.73. The van der Waals surface area contributed by atoms with Gasteiger partial charge in [-0.05, 0) is 42.9 Å². The van der Waals surface area contributed by atoms with Gasteiger partial charge in [-0.25, -0.2) is 0 Å². The van der Waals surface area contributed by atoms with Crippen molar-refractivity contribution < 1.29 is 27.8 Å². The molecule has 116 valence electrons. The molecule has 0 saturated heterocycles. The molecule has 0 aliphatic heterocycles. The van der Waals surface area contributed by atoms with Crippen molar-refractivity contribution in [1.82, 2.24) is 0 Å². The van der Waals surface area contributed by atoms with Gasteiger partial charge in [0.15, 0.2) is 5.60 Å². The van der Waals surface area contributed by atoms with Crippen LogP contribution in [0, 0.1) is 5.92 Å². The van der Waals surface area contributed by atoms with Crippen LogP contribution in [0.25, 0.3) is 0 Å². The number of fused-ring (bicyclic) bond motifs is 1. The van der Waals surface area contributed by atoms with E-state index in [-0.39, 0.29) is 17.5 Å². The van der Waals surface area contributed by atoms with E-state index in [0.29, 0.717) is 19.3 Å². The van der Waals surface area contributed by atoms with Crippen LogP contribution in [-0.2, 0) is 28.0 Å². The molecule has 1 aliphatic carbocycles. The number of aryl methyl sites for hydroxylation is 1. The standard InChI is InChI=1S/C15H17F3O3/c1-14(20,15(16,17)18)12-6-5-9-7-11(13(19)21-2)4-3-10(9)8-12/h5-6,8,11,20H,3-4,7H2,1-2H3. The summed E-state index contributed by atoms with van der Waals surface area (Å²) < 4.78 is 43.3. The van der Waals surface area contributed by atoms with Gasteiger partial charge in [-0.15, -0.1) is 0 Å². The Hall–Kier alpha value is -1.56. The van der Waals surface area contributed by atoms with Crippen LogP contribution >= 0.6 is 0 Å². The van der Waals surface area contributed by atoms with Gasteiger partial charge in [0, 0.05) is 0 Å². The van der Waals surface area contributed by atoms with Gasteiger partial charge >= 0.3 is 12.1 Å². The SMILES string of the molecule is COC(=O)C1CCc2cc(C(C)(O)C(F)(F)F)ccc2C1. The Morgan fingerprint density at radius 1 is 1.33 bits per heavy atom. The summed E-state index contributed by atoms with van der Waals surface area (Å²) in [5.74, 6) is -0.552. The van der Waals surface area contributed by atoms with E-state index in [1.807, 2.05) is 0 Å². The molecule has 0 spiro atoms. The van der Waals surface area contributed by atoms with Crippen molar-refractivity contribution in [3.63, 3.8) is 0 Å². The van der Waals surface area contributed by atoms with Gasteiger partial charge in [0.05, 0.1) is 13.0 Å². The molecule has 1 aromatic rings. The first-order valence-electron chi connectivity index (χ1n) is 6.66. The van der Waals surface area contributed by atoms with Gasteiger partial charge in [0.1, 0.15) is 0 Å². The minimum Gasteiger partial charge on any atom is -0.469 e. The normalized spacial score (nSPS) is 21.3. The van der Waals surface area contributed by atoms with E-state index >= 15 is 0 Å². The van der Waals surface area contributed by atoms with Gasteiger partial charge < -0.3 is 9.84 Å². The molecular formula is C15H17F3O3. The second-order valence-corrected chi connectivity index (χ2v) is 5.52. The average molecular weight is 302 g/mol. The Kier molecular flexibility index (Phi) is 4.02. The lowest BCUT2D eigenvalue weighted by molar-refractivity contribution is -0.258. The fraction of sp³-hybridized carbons (Fsp3) is 0.533. The number of hydrogen-bond donors (Lipinski definition) is 1. The zero-order valence-electron chi connectivity index (χ0n) is 11.8. The Bertz CT molecular complexity index is 550.